The summed E-state index contributed by atoms with van der Waals surface area (Å²) < 4.78 is 11.6. The highest BCUT2D eigenvalue weighted by molar-refractivity contribution is 5.89. The summed E-state index contributed by atoms with van der Waals surface area (Å²) in [5.74, 6) is 0.0436. The number of hydrogen-bond donors (Lipinski definition) is 1. The van der Waals surface area contributed by atoms with Crippen LogP contribution in [0.1, 0.15) is 44.6 Å². The van der Waals surface area contributed by atoms with Gasteiger partial charge in [-0.2, -0.15) is 0 Å². The van der Waals surface area contributed by atoms with E-state index in [0.717, 1.165) is 38.2 Å². The van der Waals surface area contributed by atoms with Crippen LogP contribution < -0.4 is 5.32 Å². The molecule has 0 radical (unpaired) electrons. The number of anilines is 1. The Hall–Kier alpha value is -1.59. The number of piperidine rings is 1. The van der Waals surface area contributed by atoms with Crippen molar-refractivity contribution in [2.45, 2.75) is 44.8 Å². The van der Waals surface area contributed by atoms with Crippen molar-refractivity contribution in [2.75, 3.05) is 31.6 Å². The van der Waals surface area contributed by atoms with Crippen LogP contribution in [0.5, 0.6) is 0 Å². The summed E-state index contributed by atoms with van der Waals surface area (Å²) in [4.78, 5) is 14.2. The summed E-state index contributed by atoms with van der Waals surface area (Å²) in [6.45, 7) is 7.16. The maximum Gasteiger partial charge on any atom is 0.321 e. The lowest BCUT2D eigenvalue weighted by atomic mass is 10.0. The molecule has 0 aliphatic carbocycles. The molecule has 0 saturated carbocycles. The first-order valence-electron chi connectivity index (χ1n) is 8.52. The highest BCUT2D eigenvalue weighted by atomic mass is 16.7. The second-order valence-electron chi connectivity index (χ2n) is 6.66. The molecule has 3 rings (SSSR count). The van der Waals surface area contributed by atoms with Crippen LogP contribution in [0.2, 0.25) is 0 Å². The van der Waals surface area contributed by atoms with Gasteiger partial charge in [0.2, 0.25) is 0 Å². The number of benzene rings is 1. The van der Waals surface area contributed by atoms with E-state index in [1.807, 2.05) is 17.0 Å². The molecule has 23 heavy (non-hydrogen) atoms. The third-order valence-corrected chi connectivity index (χ3v) is 4.66. The van der Waals surface area contributed by atoms with Crippen molar-refractivity contribution in [3.63, 3.8) is 0 Å². The summed E-state index contributed by atoms with van der Waals surface area (Å²) in [6, 6.07) is 8.01. The SMILES string of the molecule is CC(C)c1ccc(NC(=O)N2CCC3(CC2)OCCCO3)cc1. The fraction of sp³-hybridized carbons (Fsp3) is 0.611. The molecule has 0 aromatic heterocycles. The number of carbonyl (C=O) groups excluding carboxylic acids is 1. The lowest BCUT2D eigenvalue weighted by Gasteiger charge is -2.43. The number of amides is 2. The lowest BCUT2D eigenvalue weighted by molar-refractivity contribution is -0.281. The van der Waals surface area contributed by atoms with Gasteiger partial charge >= 0.3 is 6.03 Å². The van der Waals surface area contributed by atoms with E-state index in [1.54, 1.807) is 0 Å². The van der Waals surface area contributed by atoms with Gasteiger partial charge in [0.1, 0.15) is 0 Å². The minimum absolute atomic E-state index is 0.0482. The Morgan fingerprint density at radius 2 is 1.74 bits per heavy atom. The molecule has 1 aromatic rings. The van der Waals surface area contributed by atoms with Crippen LogP contribution in [0.4, 0.5) is 10.5 Å². The van der Waals surface area contributed by atoms with Gasteiger partial charge in [-0.05, 0) is 30.0 Å². The van der Waals surface area contributed by atoms with Gasteiger partial charge in [0.25, 0.3) is 0 Å². The first-order valence-corrected chi connectivity index (χ1v) is 8.52. The van der Waals surface area contributed by atoms with Crippen molar-refractivity contribution in [1.29, 1.82) is 0 Å². The normalized spacial score (nSPS) is 20.7. The Bertz CT molecular complexity index is 526. The molecular formula is C18H26N2O3. The number of hydrogen-bond acceptors (Lipinski definition) is 3. The van der Waals surface area contributed by atoms with Gasteiger partial charge in [-0.25, -0.2) is 4.79 Å². The molecule has 2 aliphatic heterocycles. The molecular weight excluding hydrogens is 292 g/mol. The smallest absolute Gasteiger partial charge is 0.321 e. The third kappa shape index (κ3) is 3.85. The standard InChI is InChI=1S/C18H26N2O3/c1-14(2)15-4-6-16(7-5-15)19-17(21)20-10-8-18(9-11-20)22-12-3-13-23-18/h4-7,14H,3,8-13H2,1-2H3,(H,19,21). The summed E-state index contributed by atoms with van der Waals surface area (Å²) in [7, 11) is 0. The van der Waals surface area contributed by atoms with Gasteiger partial charge in [-0.1, -0.05) is 26.0 Å². The van der Waals surface area contributed by atoms with E-state index in [0.29, 0.717) is 19.0 Å². The summed E-state index contributed by atoms with van der Waals surface area (Å²) in [5, 5.41) is 2.97. The lowest BCUT2D eigenvalue weighted by Crippen LogP contribution is -2.52. The molecule has 0 bridgehead atoms. The quantitative estimate of drug-likeness (QED) is 0.907. The van der Waals surface area contributed by atoms with Crippen molar-refractivity contribution in [1.82, 2.24) is 4.90 Å². The number of likely N-dealkylation sites (tertiary alicyclic amines) is 1. The maximum absolute atomic E-state index is 12.4. The van der Waals surface area contributed by atoms with Crippen LogP contribution in [0, 0.1) is 0 Å². The van der Waals surface area contributed by atoms with Crippen molar-refractivity contribution in [3.05, 3.63) is 29.8 Å². The Kier molecular flexibility index (Phi) is 4.87. The van der Waals surface area contributed by atoms with Crippen LogP contribution in [-0.2, 0) is 9.47 Å². The summed E-state index contributed by atoms with van der Waals surface area (Å²) in [5.41, 5.74) is 2.11. The Morgan fingerprint density at radius 1 is 1.13 bits per heavy atom. The van der Waals surface area contributed by atoms with Crippen molar-refractivity contribution >= 4 is 11.7 Å². The third-order valence-electron chi connectivity index (χ3n) is 4.66. The van der Waals surface area contributed by atoms with Gasteiger partial charge in [-0.3, -0.25) is 0 Å². The largest absolute Gasteiger partial charge is 0.350 e. The molecule has 0 unspecified atom stereocenters. The predicted molar refractivity (Wildman–Crippen MR) is 89.6 cm³/mol. The zero-order valence-corrected chi connectivity index (χ0v) is 14.0. The number of carbonyl (C=O) groups is 1. The highest BCUT2D eigenvalue weighted by Crippen LogP contribution is 2.31. The van der Waals surface area contributed by atoms with Crippen molar-refractivity contribution in [2.24, 2.45) is 0 Å². The number of ether oxygens (including phenoxy) is 2. The molecule has 126 valence electrons. The van der Waals surface area contributed by atoms with Gasteiger partial charge in [0, 0.05) is 31.6 Å². The Labute approximate surface area is 137 Å². The minimum Gasteiger partial charge on any atom is -0.350 e. The highest BCUT2D eigenvalue weighted by Gasteiger charge is 2.39. The average molecular weight is 318 g/mol. The van der Waals surface area contributed by atoms with E-state index in [2.05, 4.69) is 31.3 Å². The van der Waals surface area contributed by atoms with Gasteiger partial charge in [0.05, 0.1) is 13.2 Å². The Balaban J connectivity index is 1.53. The molecule has 0 atom stereocenters. The number of urea groups is 1. The van der Waals surface area contributed by atoms with E-state index in [9.17, 15) is 4.79 Å². The van der Waals surface area contributed by atoms with Crippen LogP contribution >= 0.6 is 0 Å². The van der Waals surface area contributed by atoms with Crippen LogP contribution in [0.15, 0.2) is 24.3 Å². The second-order valence-corrected chi connectivity index (χ2v) is 6.66. The fourth-order valence-corrected chi connectivity index (χ4v) is 3.11. The first-order chi connectivity index (χ1) is 11.1. The predicted octanol–water partition coefficient (Wildman–Crippen LogP) is 3.57. The molecule has 1 N–H and O–H groups in total. The molecule has 2 saturated heterocycles. The zero-order valence-electron chi connectivity index (χ0n) is 14.0. The van der Waals surface area contributed by atoms with Crippen LogP contribution in [0.25, 0.3) is 0 Å². The zero-order chi connectivity index (χ0) is 16.3. The van der Waals surface area contributed by atoms with Crippen molar-refractivity contribution < 1.29 is 14.3 Å². The summed E-state index contributed by atoms with van der Waals surface area (Å²) in [6.07, 6.45) is 2.44. The number of rotatable bonds is 2. The number of nitrogens with zero attached hydrogens (tertiary/aromatic N) is 1. The van der Waals surface area contributed by atoms with Gasteiger partial charge in [-0.15, -0.1) is 0 Å². The molecule has 2 heterocycles. The fourth-order valence-electron chi connectivity index (χ4n) is 3.11. The molecule has 1 spiro atoms. The van der Waals surface area contributed by atoms with Gasteiger partial charge in [0.15, 0.2) is 5.79 Å². The summed E-state index contributed by atoms with van der Waals surface area (Å²) >= 11 is 0. The maximum atomic E-state index is 12.4. The van der Waals surface area contributed by atoms with E-state index in [1.165, 1.54) is 5.56 Å². The van der Waals surface area contributed by atoms with E-state index in [-0.39, 0.29) is 6.03 Å². The molecule has 5 nitrogen and oxygen atoms in total. The molecule has 2 fully saturated rings. The van der Waals surface area contributed by atoms with E-state index >= 15 is 0 Å². The topological polar surface area (TPSA) is 50.8 Å². The number of nitrogens with one attached hydrogen (secondary N) is 1. The van der Waals surface area contributed by atoms with E-state index in [4.69, 9.17) is 9.47 Å². The first kappa shape index (κ1) is 16.3. The van der Waals surface area contributed by atoms with Crippen molar-refractivity contribution in [3.8, 4) is 0 Å². The minimum atomic E-state index is -0.450. The average Bonchev–Trinajstić information content (AvgIpc) is 2.56. The van der Waals surface area contributed by atoms with Crippen LogP contribution in [-0.4, -0.2) is 43.0 Å². The Morgan fingerprint density at radius 3 is 2.30 bits per heavy atom. The van der Waals surface area contributed by atoms with Gasteiger partial charge < -0.3 is 19.7 Å². The second kappa shape index (κ2) is 6.89. The van der Waals surface area contributed by atoms with E-state index < -0.39 is 5.79 Å². The molecule has 2 aliphatic rings. The molecule has 1 aromatic carbocycles. The van der Waals surface area contributed by atoms with Crippen LogP contribution in [0.3, 0.4) is 0 Å². The molecule has 2 amide bonds. The monoisotopic (exact) mass is 318 g/mol. The molecule has 5 heteroatoms.